The summed E-state index contributed by atoms with van der Waals surface area (Å²) in [6, 6.07) is 15.8. The highest BCUT2D eigenvalue weighted by atomic mass is 16.3. The van der Waals surface area contributed by atoms with Crippen LogP contribution in [0, 0.1) is 18.8 Å². The number of nitroso groups, excluding NO2 is 1. The Hall–Kier alpha value is -1.96. The molecule has 0 aliphatic heterocycles. The second-order valence-electron chi connectivity index (χ2n) is 4.27. The molecule has 0 radical (unpaired) electrons. The Bertz CT molecular complexity index is 451. The second-order valence-corrected chi connectivity index (χ2v) is 4.27. The summed E-state index contributed by atoms with van der Waals surface area (Å²) in [7, 11) is 0. The third-order valence-corrected chi connectivity index (χ3v) is 2.67. The zero-order valence-electron chi connectivity index (χ0n) is 13.2. The van der Waals surface area contributed by atoms with Crippen LogP contribution in [-0.2, 0) is 6.42 Å². The van der Waals surface area contributed by atoms with Crippen LogP contribution in [0.4, 0.5) is 5.69 Å². The van der Waals surface area contributed by atoms with Gasteiger partial charge in [0.05, 0.1) is 0 Å². The Labute approximate surface area is 122 Å². The molecule has 0 aliphatic carbocycles. The van der Waals surface area contributed by atoms with Gasteiger partial charge in [-0.25, -0.2) is 0 Å². The van der Waals surface area contributed by atoms with Gasteiger partial charge in [-0.1, -0.05) is 68.3 Å². The van der Waals surface area contributed by atoms with Gasteiger partial charge in [-0.3, -0.25) is 0 Å². The van der Waals surface area contributed by atoms with Crippen molar-refractivity contribution in [1.29, 1.82) is 0 Å². The van der Waals surface area contributed by atoms with E-state index in [0.29, 0.717) is 5.69 Å². The first kappa shape index (κ1) is 18.0. The molecule has 0 amide bonds. The van der Waals surface area contributed by atoms with Crippen LogP contribution in [0.5, 0.6) is 0 Å². The van der Waals surface area contributed by atoms with Crippen molar-refractivity contribution in [1.82, 2.24) is 0 Å². The zero-order chi connectivity index (χ0) is 15.4. The number of aryl methyl sites for hydroxylation is 3. The van der Waals surface area contributed by atoms with E-state index in [9.17, 15) is 4.91 Å². The van der Waals surface area contributed by atoms with E-state index in [1.54, 1.807) is 12.1 Å². The summed E-state index contributed by atoms with van der Waals surface area (Å²) in [6.07, 6.45) is 0.999. The van der Waals surface area contributed by atoms with Crippen molar-refractivity contribution >= 4 is 5.69 Å². The first-order valence-corrected chi connectivity index (χ1v) is 7.11. The maximum Gasteiger partial charge on any atom is 0.108 e. The molecule has 0 fully saturated rings. The summed E-state index contributed by atoms with van der Waals surface area (Å²) in [5.41, 5.74) is 4.39. The van der Waals surface area contributed by atoms with Crippen molar-refractivity contribution in [3.63, 3.8) is 0 Å². The Morgan fingerprint density at radius 1 is 0.800 bits per heavy atom. The van der Waals surface area contributed by atoms with Gasteiger partial charge in [-0.2, -0.15) is 0 Å². The SMILES string of the molecule is CC.CCc1ccc(N=O)cc1.Cc1ccc(C)cc1. The van der Waals surface area contributed by atoms with Crippen LogP contribution < -0.4 is 0 Å². The largest absolute Gasteiger partial charge is 0.145 e. The summed E-state index contributed by atoms with van der Waals surface area (Å²) in [5, 5.41) is 2.80. The minimum absolute atomic E-state index is 0.497. The van der Waals surface area contributed by atoms with Gasteiger partial charge in [-0.05, 0) is 43.1 Å². The fourth-order valence-corrected chi connectivity index (χ4v) is 1.43. The molecule has 2 nitrogen and oxygen atoms in total. The average molecular weight is 271 g/mol. The van der Waals surface area contributed by atoms with Crippen LogP contribution in [0.3, 0.4) is 0 Å². The van der Waals surface area contributed by atoms with Crippen LogP contribution in [0.1, 0.15) is 37.5 Å². The van der Waals surface area contributed by atoms with E-state index in [4.69, 9.17) is 0 Å². The lowest BCUT2D eigenvalue weighted by atomic mass is 10.2. The Balaban J connectivity index is 0.000000327. The lowest BCUT2D eigenvalue weighted by Crippen LogP contribution is -1.75. The molecule has 0 atom stereocenters. The highest BCUT2D eigenvalue weighted by Gasteiger charge is 1.89. The molecular formula is C18H25NO. The van der Waals surface area contributed by atoms with Gasteiger partial charge in [0, 0.05) is 0 Å². The van der Waals surface area contributed by atoms with Gasteiger partial charge in [0.15, 0.2) is 0 Å². The predicted molar refractivity (Wildman–Crippen MR) is 88.5 cm³/mol. The molecule has 2 heteroatoms. The molecule has 2 aromatic carbocycles. The number of nitrogens with zero attached hydrogens (tertiary/aromatic N) is 1. The summed E-state index contributed by atoms with van der Waals surface area (Å²) >= 11 is 0. The minimum atomic E-state index is 0.497. The number of hydrogen-bond donors (Lipinski definition) is 0. The number of benzene rings is 2. The van der Waals surface area contributed by atoms with E-state index in [0.717, 1.165) is 6.42 Å². The molecule has 108 valence electrons. The van der Waals surface area contributed by atoms with E-state index in [1.165, 1.54) is 16.7 Å². The summed E-state index contributed by atoms with van der Waals surface area (Å²) in [6.45, 7) is 10.3. The first-order chi connectivity index (χ1) is 9.65. The standard InChI is InChI=1S/C8H9NO.C8H10.C2H6/c1-2-7-3-5-8(9-10)6-4-7;1-7-3-5-8(2)6-4-7;1-2/h3-6H,2H2,1H3;3-6H,1-2H3;1-2H3. The molecule has 0 unspecified atom stereocenters. The van der Waals surface area contributed by atoms with Gasteiger partial charge in [-0.15, -0.1) is 4.91 Å². The summed E-state index contributed by atoms with van der Waals surface area (Å²) in [4.78, 5) is 9.96. The topological polar surface area (TPSA) is 29.4 Å². The third-order valence-electron chi connectivity index (χ3n) is 2.67. The lowest BCUT2D eigenvalue weighted by molar-refractivity contribution is 1.14. The minimum Gasteiger partial charge on any atom is -0.145 e. The quantitative estimate of drug-likeness (QED) is 0.618. The number of rotatable bonds is 2. The molecule has 0 saturated carbocycles. The van der Waals surface area contributed by atoms with Crippen LogP contribution >= 0.6 is 0 Å². The molecule has 0 aliphatic rings. The van der Waals surface area contributed by atoms with Crippen LogP contribution in [0.2, 0.25) is 0 Å². The Morgan fingerprint density at radius 2 is 1.20 bits per heavy atom. The maximum atomic E-state index is 9.96. The van der Waals surface area contributed by atoms with Gasteiger partial charge in [0.2, 0.25) is 0 Å². The maximum absolute atomic E-state index is 9.96. The molecule has 0 bridgehead atoms. The lowest BCUT2D eigenvalue weighted by Gasteiger charge is -1.92. The second kappa shape index (κ2) is 10.9. The molecular weight excluding hydrogens is 246 g/mol. The molecule has 0 saturated heterocycles. The molecule has 2 aromatic rings. The fourth-order valence-electron chi connectivity index (χ4n) is 1.43. The predicted octanol–water partition coefficient (Wildman–Crippen LogP) is 5.98. The highest BCUT2D eigenvalue weighted by molar-refractivity contribution is 5.38. The third kappa shape index (κ3) is 7.47. The van der Waals surface area contributed by atoms with Gasteiger partial charge in [0.25, 0.3) is 0 Å². The number of hydrogen-bond acceptors (Lipinski definition) is 2. The zero-order valence-corrected chi connectivity index (χ0v) is 13.2. The van der Waals surface area contributed by atoms with Crippen molar-refractivity contribution in [2.45, 2.75) is 41.0 Å². The van der Waals surface area contributed by atoms with E-state index < -0.39 is 0 Å². The summed E-state index contributed by atoms with van der Waals surface area (Å²) in [5.74, 6) is 0. The molecule has 20 heavy (non-hydrogen) atoms. The van der Waals surface area contributed by atoms with E-state index in [1.807, 2.05) is 26.0 Å². The van der Waals surface area contributed by atoms with Crippen LogP contribution in [-0.4, -0.2) is 0 Å². The van der Waals surface area contributed by atoms with Crippen molar-refractivity contribution in [2.24, 2.45) is 5.18 Å². The van der Waals surface area contributed by atoms with Gasteiger partial charge >= 0.3 is 0 Å². The van der Waals surface area contributed by atoms with E-state index >= 15 is 0 Å². The molecule has 0 spiro atoms. The molecule has 0 aromatic heterocycles. The highest BCUT2D eigenvalue weighted by Crippen LogP contribution is 2.11. The average Bonchev–Trinajstić information content (AvgIpc) is 2.53. The van der Waals surface area contributed by atoms with E-state index in [-0.39, 0.29) is 0 Å². The Morgan fingerprint density at radius 3 is 1.50 bits per heavy atom. The normalized spacial score (nSPS) is 8.65. The monoisotopic (exact) mass is 271 g/mol. The molecule has 2 rings (SSSR count). The van der Waals surface area contributed by atoms with Crippen molar-refractivity contribution in [3.8, 4) is 0 Å². The Kier molecular flexibility index (Phi) is 9.85. The van der Waals surface area contributed by atoms with Gasteiger partial charge < -0.3 is 0 Å². The van der Waals surface area contributed by atoms with E-state index in [2.05, 4.69) is 50.2 Å². The summed E-state index contributed by atoms with van der Waals surface area (Å²) < 4.78 is 0. The van der Waals surface area contributed by atoms with Crippen LogP contribution in [0.15, 0.2) is 53.7 Å². The molecule has 0 N–H and O–H groups in total. The fraction of sp³-hybridized carbons (Fsp3) is 0.333. The van der Waals surface area contributed by atoms with Crippen molar-refractivity contribution in [3.05, 3.63) is 70.1 Å². The molecule has 0 heterocycles. The van der Waals surface area contributed by atoms with Crippen LogP contribution in [0.25, 0.3) is 0 Å². The smallest absolute Gasteiger partial charge is 0.108 e. The first-order valence-electron chi connectivity index (χ1n) is 7.11. The van der Waals surface area contributed by atoms with Gasteiger partial charge in [0.1, 0.15) is 5.69 Å². The van der Waals surface area contributed by atoms with Crippen molar-refractivity contribution < 1.29 is 0 Å². The van der Waals surface area contributed by atoms with Crippen molar-refractivity contribution in [2.75, 3.05) is 0 Å².